The third kappa shape index (κ3) is 5.39. The number of hydrogen-bond acceptors (Lipinski definition) is 6. The number of carboxylic acid groups (broad SMARTS) is 1. The standard InChI is InChI=1S/C10H15N3O3S/c1-2-4-8-12-13-10(17-8)11-7(14)5-3-6-9(15)16/h2-6H2,1H3,(H,15,16)(H,11,13,14)/p-1. The Kier molecular flexibility index (Phi) is 5.55. The van der Waals surface area contributed by atoms with E-state index in [9.17, 15) is 14.7 Å². The average Bonchev–Trinajstić information content (AvgIpc) is 2.65. The lowest BCUT2D eigenvalue weighted by Crippen LogP contribution is -2.22. The molecule has 0 aromatic carbocycles. The van der Waals surface area contributed by atoms with Crippen molar-refractivity contribution in [1.29, 1.82) is 0 Å². The van der Waals surface area contributed by atoms with Gasteiger partial charge in [0, 0.05) is 18.8 Å². The molecular formula is C10H14N3O3S-. The summed E-state index contributed by atoms with van der Waals surface area (Å²) in [6.45, 7) is 2.04. The second-order valence-electron chi connectivity index (χ2n) is 3.52. The molecule has 0 spiro atoms. The van der Waals surface area contributed by atoms with Crippen LogP contribution in [0.5, 0.6) is 0 Å². The Morgan fingerprint density at radius 1 is 1.35 bits per heavy atom. The molecule has 17 heavy (non-hydrogen) atoms. The van der Waals surface area contributed by atoms with E-state index in [0.717, 1.165) is 17.8 Å². The van der Waals surface area contributed by atoms with Gasteiger partial charge in [-0.25, -0.2) is 0 Å². The molecule has 0 bridgehead atoms. The highest BCUT2D eigenvalue weighted by Gasteiger charge is 2.07. The quantitative estimate of drug-likeness (QED) is 0.759. The fraction of sp³-hybridized carbons (Fsp3) is 0.600. The lowest BCUT2D eigenvalue weighted by Gasteiger charge is -2.01. The first-order valence-corrected chi connectivity index (χ1v) is 6.25. The molecule has 0 atom stereocenters. The average molecular weight is 256 g/mol. The lowest BCUT2D eigenvalue weighted by molar-refractivity contribution is -0.305. The van der Waals surface area contributed by atoms with Gasteiger partial charge in [0.25, 0.3) is 0 Å². The summed E-state index contributed by atoms with van der Waals surface area (Å²) in [6, 6.07) is 0. The number of aliphatic carboxylic acids is 1. The molecule has 0 unspecified atom stereocenters. The van der Waals surface area contributed by atoms with Crippen molar-refractivity contribution in [2.24, 2.45) is 0 Å². The number of anilines is 1. The minimum absolute atomic E-state index is 0.107. The van der Waals surface area contributed by atoms with E-state index in [2.05, 4.69) is 15.5 Å². The van der Waals surface area contributed by atoms with Gasteiger partial charge < -0.3 is 15.2 Å². The van der Waals surface area contributed by atoms with Gasteiger partial charge in [0.05, 0.1) is 0 Å². The van der Waals surface area contributed by atoms with Crippen LogP contribution in [0.2, 0.25) is 0 Å². The Morgan fingerprint density at radius 3 is 2.76 bits per heavy atom. The summed E-state index contributed by atoms with van der Waals surface area (Å²) in [5.41, 5.74) is 0. The molecule has 0 fully saturated rings. The maximum atomic E-state index is 11.4. The fourth-order valence-electron chi connectivity index (χ4n) is 1.19. The highest BCUT2D eigenvalue weighted by Crippen LogP contribution is 2.16. The number of hydrogen-bond donors (Lipinski definition) is 1. The van der Waals surface area contributed by atoms with Crippen molar-refractivity contribution in [2.75, 3.05) is 5.32 Å². The van der Waals surface area contributed by atoms with E-state index in [1.165, 1.54) is 11.3 Å². The zero-order chi connectivity index (χ0) is 12.7. The fourth-order valence-corrected chi connectivity index (χ4v) is 2.05. The van der Waals surface area contributed by atoms with Crippen LogP contribution >= 0.6 is 11.3 Å². The molecule has 0 aliphatic rings. The second-order valence-corrected chi connectivity index (χ2v) is 4.59. The van der Waals surface area contributed by atoms with Gasteiger partial charge in [-0.05, 0) is 19.3 Å². The van der Waals surface area contributed by atoms with Crippen molar-refractivity contribution >= 4 is 28.3 Å². The van der Waals surface area contributed by atoms with Crippen LogP contribution in [0.1, 0.15) is 37.6 Å². The summed E-state index contributed by atoms with van der Waals surface area (Å²) in [6.07, 6.45) is 2.14. The monoisotopic (exact) mass is 256 g/mol. The highest BCUT2D eigenvalue weighted by molar-refractivity contribution is 7.15. The van der Waals surface area contributed by atoms with Crippen LogP contribution in [0.25, 0.3) is 0 Å². The summed E-state index contributed by atoms with van der Waals surface area (Å²) in [7, 11) is 0. The Hall–Kier alpha value is -1.50. The minimum atomic E-state index is -1.14. The van der Waals surface area contributed by atoms with E-state index >= 15 is 0 Å². The van der Waals surface area contributed by atoms with Gasteiger partial charge in [-0.3, -0.25) is 4.79 Å². The van der Waals surface area contributed by atoms with Crippen molar-refractivity contribution in [3.05, 3.63) is 5.01 Å². The van der Waals surface area contributed by atoms with Crippen molar-refractivity contribution in [2.45, 2.75) is 39.0 Å². The molecule has 1 aromatic rings. The van der Waals surface area contributed by atoms with E-state index < -0.39 is 5.97 Å². The van der Waals surface area contributed by atoms with Crippen LogP contribution in [-0.4, -0.2) is 22.1 Å². The third-order valence-corrected chi connectivity index (χ3v) is 2.86. The van der Waals surface area contributed by atoms with E-state index in [1.54, 1.807) is 0 Å². The summed E-state index contributed by atoms with van der Waals surface area (Å²) in [5.74, 6) is -1.38. The summed E-state index contributed by atoms with van der Waals surface area (Å²) < 4.78 is 0. The first-order chi connectivity index (χ1) is 8.11. The first-order valence-electron chi connectivity index (χ1n) is 5.44. The summed E-state index contributed by atoms with van der Waals surface area (Å²) >= 11 is 1.34. The molecule has 7 heteroatoms. The molecule has 1 amide bonds. The number of carboxylic acids is 1. The van der Waals surface area contributed by atoms with E-state index in [-0.39, 0.29) is 25.2 Å². The number of carbonyl (C=O) groups excluding carboxylic acids is 2. The van der Waals surface area contributed by atoms with Crippen LogP contribution < -0.4 is 10.4 Å². The van der Waals surface area contributed by atoms with Gasteiger partial charge in [0.2, 0.25) is 11.0 Å². The molecule has 0 radical (unpaired) electrons. The van der Waals surface area contributed by atoms with Gasteiger partial charge in [-0.1, -0.05) is 18.3 Å². The van der Waals surface area contributed by atoms with Crippen LogP contribution in [0.3, 0.4) is 0 Å². The smallest absolute Gasteiger partial charge is 0.226 e. The number of rotatable bonds is 7. The number of nitrogens with one attached hydrogen (secondary N) is 1. The van der Waals surface area contributed by atoms with Gasteiger partial charge in [0.1, 0.15) is 5.01 Å². The Bertz CT molecular complexity index is 392. The number of aromatic nitrogens is 2. The molecule has 1 heterocycles. The molecule has 6 nitrogen and oxygen atoms in total. The number of nitrogens with zero attached hydrogens (tertiary/aromatic N) is 2. The van der Waals surface area contributed by atoms with Crippen molar-refractivity contribution < 1.29 is 14.7 Å². The van der Waals surface area contributed by atoms with Crippen LogP contribution in [-0.2, 0) is 16.0 Å². The largest absolute Gasteiger partial charge is 0.550 e. The van der Waals surface area contributed by atoms with Gasteiger partial charge in [-0.15, -0.1) is 10.2 Å². The molecule has 0 aliphatic carbocycles. The summed E-state index contributed by atoms with van der Waals surface area (Å²) in [4.78, 5) is 21.5. The van der Waals surface area contributed by atoms with E-state index in [0.29, 0.717) is 5.13 Å². The second kappa shape index (κ2) is 6.95. The molecule has 0 aliphatic heterocycles. The molecule has 94 valence electrons. The third-order valence-electron chi connectivity index (χ3n) is 1.96. The minimum Gasteiger partial charge on any atom is -0.550 e. The maximum absolute atomic E-state index is 11.4. The molecular weight excluding hydrogens is 242 g/mol. The SMILES string of the molecule is CCCc1nnc(NC(=O)CCCC(=O)[O-])s1. The number of amides is 1. The predicted octanol–water partition coefficient (Wildman–Crippen LogP) is 0.349. The van der Waals surface area contributed by atoms with Crippen LogP contribution in [0.15, 0.2) is 0 Å². The van der Waals surface area contributed by atoms with Crippen molar-refractivity contribution in [3.8, 4) is 0 Å². The molecule has 1 rings (SSSR count). The van der Waals surface area contributed by atoms with Crippen molar-refractivity contribution in [3.63, 3.8) is 0 Å². The molecule has 1 N–H and O–H groups in total. The zero-order valence-corrected chi connectivity index (χ0v) is 10.4. The van der Waals surface area contributed by atoms with E-state index in [1.807, 2.05) is 6.92 Å². The Balaban J connectivity index is 2.31. The Morgan fingerprint density at radius 2 is 2.12 bits per heavy atom. The molecule has 1 aromatic heterocycles. The predicted molar refractivity (Wildman–Crippen MR) is 61.4 cm³/mol. The zero-order valence-electron chi connectivity index (χ0n) is 9.56. The Labute approximate surface area is 103 Å². The van der Waals surface area contributed by atoms with Gasteiger partial charge in [0.15, 0.2) is 0 Å². The first kappa shape index (κ1) is 13.6. The van der Waals surface area contributed by atoms with Crippen molar-refractivity contribution in [1.82, 2.24) is 10.2 Å². The van der Waals surface area contributed by atoms with E-state index in [4.69, 9.17) is 0 Å². The molecule has 0 saturated carbocycles. The lowest BCUT2D eigenvalue weighted by atomic mass is 10.2. The van der Waals surface area contributed by atoms with Gasteiger partial charge >= 0.3 is 0 Å². The maximum Gasteiger partial charge on any atom is 0.226 e. The van der Waals surface area contributed by atoms with Crippen LogP contribution in [0.4, 0.5) is 5.13 Å². The number of aryl methyl sites for hydroxylation is 1. The highest BCUT2D eigenvalue weighted by atomic mass is 32.1. The number of carbonyl (C=O) groups is 2. The molecule has 0 saturated heterocycles. The van der Waals surface area contributed by atoms with Gasteiger partial charge in [-0.2, -0.15) is 0 Å². The topological polar surface area (TPSA) is 95.0 Å². The summed E-state index contributed by atoms with van der Waals surface area (Å²) in [5, 5.41) is 21.8. The van der Waals surface area contributed by atoms with Crippen LogP contribution in [0, 0.1) is 0 Å². The normalized spacial score (nSPS) is 10.2.